The van der Waals surface area contributed by atoms with Crippen LogP contribution >= 0.6 is 0 Å². The van der Waals surface area contributed by atoms with E-state index in [1.54, 1.807) is 14.2 Å². The van der Waals surface area contributed by atoms with E-state index in [9.17, 15) is 4.79 Å². The van der Waals surface area contributed by atoms with E-state index in [1.807, 2.05) is 12.1 Å². The highest BCUT2D eigenvalue weighted by molar-refractivity contribution is 6.23. The van der Waals surface area contributed by atoms with Crippen LogP contribution in [-0.2, 0) is 11.2 Å². The van der Waals surface area contributed by atoms with Gasteiger partial charge in [0.05, 0.1) is 14.2 Å². The van der Waals surface area contributed by atoms with Gasteiger partial charge in [0.25, 0.3) is 0 Å². The van der Waals surface area contributed by atoms with Crippen molar-refractivity contribution < 1.29 is 14.3 Å². The number of benzene rings is 1. The van der Waals surface area contributed by atoms with Crippen LogP contribution in [0.2, 0.25) is 0 Å². The van der Waals surface area contributed by atoms with E-state index in [1.165, 1.54) is 5.57 Å². The second-order valence-electron chi connectivity index (χ2n) is 6.52. The molecule has 2 aliphatic carbocycles. The van der Waals surface area contributed by atoms with Crippen molar-refractivity contribution in [1.82, 2.24) is 0 Å². The number of methoxy groups -OCH3 is 2. The summed E-state index contributed by atoms with van der Waals surface area (Å²) in [6.07, 6.45) is 3.45. The van der Waals surface area contributed by atoms with E-state index in [4.69, 9.17) is 9.47 Å². The quantitative estimate of drug-likeness (QED) is 0.829. The highest BCUT2D eigenvalue weighted by Gasteiger charge is 2.38. The number of allylic oxidation sites excluding steroid dienone is 2. The van der Waals surface area contributed by atoms with Gasteiger partial charge in [0.2, 0.25) is 0 Å². The minimum Gasteiger partial charge on any atom is -0.497 e. The summed E-state index contributed by atoms with van der Waals surface area (Å²) in [5.74, 6) is 1.84. The van der Waals surface area contributed by atoms with E-state index in [0.717, 1.165) is 47.5 Å². The summed E-state index contributed by atoms with van der Waals surface area (Å²) in [5.41, 5.74) is 4.50. The zero-order valence-corrected chi connectivity index (χ0v) is 13.2. The Kier molecular flexibility index (Phi) is 3.31. The number of hydrogen-bond donors (Lipinski definition) is 0. The second kappa shape index (κ2) is 4.90. The van der Waals surface area contributed by atoms with E-state index >= 15 is 0 Å². The molecular weight excluding hydrogens is 264 g/mol. The average Bonchev–Trinajstić information content (AvgIpc) is 2.49. The molecule has 0 unspecified atom stereocenters. The molecule has 0 saturated heterocycles. The predicted octanol–water partition coefficient (Wildman–Crippen LogP) is 3.79. The summed E-state index contributed by atoms with van der Waals surface area (Å²) in [6.45, 7) is 4.49. The normalized spacial score (nSPS) is 19.9. The summed E-state index contributed by atoms with van der Waals surface area (Å²) >= 11 is 0. The maximum absolute atomic E-state index is 12.5. The van der Waals surface area contributed by atoms with E-state index in [-0.39, 0.29) is 11.2 Å². The molecule has 0 aromatic heterocycles. The van der Waals surface area contributed by atoms with Gasteiger partial charge < -0.3 is 9.47 Å². The molecular formula is C18H22O3. The molecule has 112 valence electrons. The Morgan fingerprint density at radius 3 is 2.48 bits per heavy atom. The number of carbonyl (C=O) groups excluding carboxylic acids is 1. The standard InChI is InChI=1S/C18H22O3/c1-18(2)8-7-15(19)17-13-9-11(20-3)10-16(21-4)12(13)5-6-14(17)18/h9-10H,5-8H2,1-4H3. The number of rotatable bonds is 2. The molecule has 0 saturated carbocycles. The van der Waals surface area contributed by atoms with Crippen molar-refractivity contribution in [2.45, 2.75) is 39.5 Å². The molecule has 0 aliphatic heterocycles. The lowest BCUT2D eigenvalue weighted by atomic mass is 9.66. The van der Waals surface area contributed by atoms with Crippen LogP contribution in [0.3, 0.4) is 0 Å². The lowest BCUT2D eigenvalue weighted by molar-refractivity contribution is -0.114. The Labute approximate surface area is 125 Å². The van der Waals surface area contributed by atoms with Crippen LogP contribution in [-0.4, -0.2) is 20.0 Å². The number of ether oxygens (including phenoxy) is 2. The molecule has 0 heterocycles. The number of Topliss-reactive ketones (excluding diaryl/α,β-unsaturated/α-hetero) is 1. The fourth-order valence-corrected chi connectivity index (χ4v) is 3.64. The molecule has 0 spiro atoms. The highest BCUT2D eigenvalue weighted by atomic mass is 16.5. The van der Waals surface area contributed by atoms with Crippen molar-refractivity contribution in [2.75, 3.05) is 14.2 Å². The number of hydrogen-bond acceptors (Lipinski definition) is 3. The van der Waals surface area contributed by atoms with E-state index in [0.29, 0.717) is 6.42 Å². The first-order valence-corrected chi connectivity index (χ1v) is 7.50. The molecule has 3 heteroatoms. The molecule has 2 aliphatic rings. The first kappa shape index (κ1) is 14.2. The average molecular weight is 286 g/mol. The Balaban J connectivity index is 2.27. The number of carbonyl (C=O) groups is 1. The summed E-state index contributed by atoms with van der Waals surface area (Å²) in [5, 5.41) is 0. The Bertz CT molecular complexity index is 638. The minimum atomic E-state index is 0.108. The smallest absolute Gasteiger partial charge is 0.163 e. The van der Waals surface area contributed by atoms with Crippen LogP contribution in [0.15, 0.2) is 17.7 Å². The molecule has 0 fully saturated rings. The number of fused-ring (bicyclic) bond motifs is 2. The molecule has 0 bridgehead atoms. The van der Waals surface area contributed by atoms with Crippen LogP contribution in [0.25, 0.3) is 5.57 Å². The molecule has 3 nitrogen and oxygen atoms in total. The fourth-order valence-electron chi connectivity index (χ4n) is 3.64. The van der Waals surface area contributed by atoms with E-state index in [2.05, 4.69) is 13.8 Å². The van der Waals surface area contributed by atoms with Gasteiger partial charge in [-0.1, -0.05) is 19.4 Å². The van der Waals surface area contributed by atoms with Gasteiger partial charge in [-0.25, -0.2) is 0 Å². The lowest BCUT2D eigenvalue weighted by Crippen LogP contribution is -2.28. The molecule has 1 aromatic rings. The van der Waals surface area contributed by atoms with Gasteiger partial charge in [-0.05, 0) is 36.3 Å². The van der Waals surface area contributed by atoms with Gasteiger partial charge in [-0.3, -0.25) is 4.79 Å². The van der Waals surface area contributed by atoms with Crippen LogP contribution in [0.4, 0.5) is 0 Å². The van der Waals surface area contributed by atoms with Crippen molar-refractivity contribution in [1.29, 1.82) is 0 Å². The number of ketones is 1. The molecule has 21 heavy (non-hydrogen) atoms. The van der Waals surface area contributed by atoms with Gasteiger partial charge in [0.1, 0.15) is 11.5 Å². The molecule has 3 rings (SSSR count). The fraction of sp³-hybridized carbons (Fsp3) is 0.500. The van der Waals surface area contributed by atoms with Crippen molar-refractivity contribution in [2.24, 2.45) is 5.41 Å². The Morgan fingerprint density at radius 1 is 1.05 bits per heavy atom. The molecule has 0 radical (unpaired) electrons. The maximum atomic E-state index is 12.5. The Hall–Kier alpha value is -1.77. The molecule has 0 amide bonds. The summed E-state index contributed by atoms with van der Waals surface area (Å²) in [7, 11) is 3.32. The first-order chi connectivity index (χ1) is 9.97. The van der Waals surface area contributed by atoms with Gasteiger partial charge in [0, 0.05) is 23.6 Å². The van der Waals surface area contributed by atoms with Crippen molar-refractivity contribution in [3.63, 3.8) is 0 Å². The van der Waals surface area contributed by atoms with Crippen molar-refractivity contribution >= 4 is 11.4 Å². The zero-order valence-electron chi connectivity index (χ0n) is 13.2. The molecule has 0 N–H and O–H groups in total. The largest absolute Gasteiger partial charge is 0.497 e. The van der Waals surface area contributed by atoms with Crippen LogP contribution in [0, 0.1) is 5.41 Å². The van der Waals surface area contributed by atoms with E-state index < -0.39 is 0 Å². The van der Waals surface area contributed by atoms with Gasteiger partial charge >= 0.3 is 0 Å². The second-order valence-corrected chi connectivity index (χ2v) is 6.52. The van der Waals surface area contributed by atoms with Crippen LogP contribution < -0.4 is 9.47 Å². The van der Waals surface area contributed by atoms with Gasteiger partial charge in [-0.2, -0.15) is 0 Å². The topological polar surface area (TPSA) is 35.5 Å². The van der Waals surface area contributed by atoms with Gasteiger partial charge in [-0.15, -0.1) is 0 Å². The van der Waals surface area contributed by atoms with Crippen LogP contribution in [0.5, 0.6) is 11.5 Å². The van der Waals surface area contributed by atoms with Crippen molar-refractivity contribution in [3.05, 3.63) is 28.8 Å². The van der Waals surface area contributed by atoms with Gasteiger partial charge in [0.15, 0.2) is 5.78 Å². The molecule has 1 aromatic carbocycles. The minimum absolute atomic E-state index is 0.108. The summed E-state index contributed by atoms with van der Waals surface area (Å²) in [6, 6.07) is 3.90. The third-order valence-electron chi connectivity index (χ3n) is 4.91. The Morgan fingerprint density at radius 2 is 1.81 bits per heavy atom. The third-order valence-corrected chi connectivity index (χ3v) is 4.91. The lowest BCUT2D eigenvalue weighted by Gasteiger charge is -2.38. The summed E-state index contributed by atoms with van der Waals surface area (Å²) in [4.78, 5) is 12.5. The third kappa shape index (κ3) is 2.15. The first-order valence-electron chi connectivity index (χ1n) is 7.50. The maximum Gasteiger partial charge on any atom is 0.163 e. The molecule has 0 atom stereocenters. The van der Waals surface area contributed by atoms with Crippen LogP contribution in [0.1, 0.15) is 44.2 Å². The monoisotopic (exact) mass is 286 g/mol. The SMILES string of the molecule is COc1cc(OC)c2c(c1)C1=C(CC2)C(C)(C)CCC1=O. The zero-order chi connectivity index (χ0) is 15.2. The van der Waals surface area contributed by atoms with Crippen molar-refractivity contribution in [3.8, 4) is 11.5 Å². The predicted molar refractivity (Wildman–Crippen MR) is 82.8 cm³/mol. The summed E-state index contributed by atoms with van der Waals surface area (Å²) < 4.78 is 10.9. The highest BCUT2D eigenvalue weighted by Crippen LogP contribution is 2.49.